The molecule has 1 heterocycles. The minimum Gasteiger partial charge on any atom is -0.449 e. The van der Waals surface area contributed by atoms with Crippen LogP contribution < -0.4 is 0 Å². The van der Waals surface area contributed by atoms with Crippen LogP contribution >= 0.6 is 0 Å². The van der Waals surface area contributed by atoms with Crippen LogP contribution in [0.5, 0.6) is 0 Å². The molecule has 1 atom stereocenters. The van der Waals surface area contributed by atoms with Gasteiger partial charge in [-0.3, -0.25) is 4.90 Å². The van der Waals surface area contributed by atoms with Gasteiger partial charge in [0, 0.05) is 32.7 Å². The topological polar surface area (TPSA) is 53.0 Å². The Balaban J connectivity index is 2.31. The highest BCUT2D eigenvalue weighted by atomic mass is 19.4. The number of rotatable bonds is 4. The minimum absolute atomic E-state index is 0.238. The third-order valence-corrected chi connectivity index (χ3v) is 2.98. The Hall–Kier alpha value is -1.02. The van der Waals surface area contributed by atoms with Gasteiger partial charge < -0.3 is 14.7 Å². The van der Waals surface area contributed by atoms with Crippen LogP contribution in [0.2, 0.25) is 0 Å². The summed E-state index contributed by atoms with van der Waals surface area (Å²) < 4.78 is 41.7. The zero-order valence-electron chi connectivity index (χ0n) is 11.7. The zero-order chi connectivity index (χ0) is 15.3. The number of aliphatic hydroxyl groups is 1. The molecule has 0 saturated carbocycles. The maximum atomic E-state index is 12.2. The van der Waals surface area contributed by atoms with Crippen molar-refractivity contribution in [3.8, 4) is 0 Å². The van der Waals surface area contributed by atoms with Gasteiger partial charge in [0.15, 0.2) is 6.10 Å². The number of β-amino-alcohol motifs (C(OH)–C–C–N with tert-alkyl or cyclic N) is 1. The molecule has 20 heavy (non-hydrogen) atoms. The third kappa shape index (κ3) is 5.54. The first-order valence-electron chi connectivity index (χ1n) is 6.59. The molecule has 0 unspecified atom stereocenters. The molecule has 1 fully saturated rings. The Bertz CT molecular complexity index is 316. The Morgan fingerprint density at radius 1 is 1.25 bits per heavy atom. The fourth-order valence-corrected chi connectivity index (χ4v) is 1.79. The number of piperazine rings is 1. The van der Waals surface area contributed by atoms with Crippen LogP contribution in [-0.2, 0) is 4.74 Å². The summed E-state index contributed by atoms with van der Waals surface area (Å²) in [5.74, 6) is 0.238. The van der Waals surface area contributed by atoms with Crippen LogP contribution in [0, 0.1) is 5.92 Å². The Kier molecular flexibility index (Phi) is 6.07. The lowest BCUT2D eigenvalue weighted by Crippen LogP contribution is -2.52. The van der Waals surface area contributed by atoms with Crippen molar-refractivity contribution in [2.75, 3.05) is 39.3 Å². The molecule has 0 aliphatic carbocycles. The standard InChI is InChI=1S/C12H21F3N2O3/c1-9(2)8-20-11(19)17-5-3-16(4-6-17)7-10(18)12(13,14)15/h9-10,18H,3-8H2,1-2H3/t10-/m1/s1. The number of hydrogen-bond acceptors (Lipinski definition) is 4. The maximum absolute atomic E-state index is 12.2. The first-order valence-corrected chi connectivity index (χ1v) is 6.59. The number of amides is 1. The van der Waals surface area contributed by atoms with Gasteiger partial charge in [-0.15, -0.1) is 0 Å². The van der Waals surface area contributed by atoms with Gasteiger partial charge in [0.05, 0.1) is 6.61 Å². The van der Waals surface area contributed by atoms with Gasteiger partial charge in [-0.25, -0.2) is 4.79 Å². The van der Waals surface area contributed by atoms with E-state index in [9.17, 15) is 18.0 Å². The second-order valence-electron chi connectivity index (χ2n) is 5.32. The number of carbonyl (C=O) groups excluding carboxylic acids is 1. The highest BCUT2D eigenvalue weighted by Crippen LogP contribution is 2.21. The van der Waals surface area contributed by atoms with Crippen molar-refractivity contribution < 1.29 is 27.8 Å². The zero-order valence-corrected chi connectivity index (χ0v) is 11.7. The van der Waals surface area contributed by atoms with Gasteiger partial charge in [0.2, 0.25) is 0 Å². The number of ether oxygens (including phenoxy) is 1. The molecule has 0 bridgehead atoms. The van der Waals surface area contributed by atoms with Gasteiger partial charge in [-0.05, 0) is 5.92 Å². The first-order chi connectivity index (χ1) is 9.20. The minimum atomic E-state index is -4.60. The number of nitrogens with zero attached hydrogens (tertiary/aromatic N) is 2. The quantitative estimate of drug-likeness (QED) is 0.850. The van der Waals surface area contributed by atoms with Crippen LogP contribution in [0.3, 0.4) is 0 Å². The Morgan fingerprint density at radius 2 is 1.80 bits per heavy atom. The van der Waals surface area contributed by atoms with Crippen LogP contribution in [0.25, 0.3) is 0 Å². The van der Waals surface area contributed by atoms with Crippen LogP contribution in [0.1, 0.15) is 13.8 Å². The predicted molar refractivity (Wildman–Crippen MR) is 66.3 cm³/mol. The monoisotopic (exact) mass is 298 g/mol. The average Bonchev–Trinajstić information content (AvgIpc) is 2.35. The van der Waals surface area contributed by atoms with Crippen LogP contribution in [-0.4, -0.2) is 72.6 Å². The summed E-state index contributed by atoms with van der Waals surface area (Å²) in [4.78, 5) is 14.6. The molecular formula is C12H21F3N2O3. The van der Waals surface area contributed by atoms with Gasteiger partial charge in [-0.1, -0.05) is 13.8 Å². The molecule has 1 saturated heterocycles. The highest BCUT2D eigenvalue weighted by molar-refractivity contribution is 5.67. The van der Waals surface area contributed by atoms with Crippen molar-refractivity contribution in [2.45, 2.75) is 26.1 Å². The summed E-state index contributed by atoms with van der Waals surface area (Å²) in [6, 6.07) is 0. The molecule has 0 aromatic heterocycles. The van der Waals surface area contributed by atoms with E-state index in [0.717, 1.165) is 0 Å². The molecular weight excluding hydrogens is 277 g/mol. The van der Waals surface area contributed by atoms with Crippen molar-refractivity contribution in [1.82, 2.24) is 9.80 Å². The lowest BCUT2D eigenvalue weighted by Gasteiger charge is -2.35. The van der Waals surface area contributed by atoms with Crippen molar-refractivity contribution in [3.05, 3.63) is 0 Å². The molecule has 1 aliphatic rings. The van der Waals surface area contributed by atoms with Crippen LogP contribution in [0.4, 0.5) is 18.0 Å². The van der Waals surface area contributed by atoms with Gasteiger partial charge in [0.25, 0.3) is 0 Å². The fourth-order valence-electron chi connectivity index (χ4n) is 1.79. The molecule has 0 aromatic carbocycles. The van der Waals surface area contributed by atoms with E-state index in [1.807, 2.05) is 13.8 Å². The van der Waals surface area contributed by atoms with Crippen molar-refractivity contribution in [1.29, 1.82) is 0 Å². The summed E-state index contributed by atoms with van der Waals surface area (Å²) in [7, 11) is 0. The van der Waals surface area contributed by atoms with E-state index in [0.29, 0.717) is 32.8 Å². The second kappa shape index (κ2) is 7.12. The fraction of sp³-hybridized carbons (Fsp3) is 0.917. The average molecular weight is 298 g/mol. The van der Waals surface area contributed by atoms with Crippen molar-refractivity contribution in [3.63, 3.8) is 0 Å². The van der Waals surface area contributed by atoms with E-state index >= 15 is 0 Å². The SMILES string of the molecule is CC(C)COC(=O)N1CCN(C[C@@H](O)C(F)(F)F)CC1. The number of hydrogen-bond donors (Lipinski definition) is 1. The molecule has 0 spiro atoms. The Labute approximate surface area is 116 Å². The molecule has 1 N–H and O–H groups in total. The second-order valence-corrected chi connectivity index (χ2v) is 5.32. The smallest absolute Gasteiger partial charge is 0.415 e. The van der Waals surface area contributed by atoms with E-state index < -0.39 is 24.9 Å². The highest BCUT2D eigenvalue weighted by Gasteiger charge is 2.39. The molecule has 1 aliphatic heterocycles. The van der Waals surface area contributed by atoms with Gasteiger partial charge >= 0.3 is 12.3 Å². The number of halogens is 3. The van der Waals surface area contributed by atoms with E-state index in [2.05, 4.69) is 0 Å². The summed E-state index contributed by atoms with van der Waals surface area (Å²) in [5, 5.41) is 8.99. The summed E-state index contributed by atoms with van der Waals surface area (Å²) in [6.45, 7) is 4.91. The summed E-state index contributed by atoms with van der Waals surface area (Å²) >= 11 is 0. The Morgan fingerprint density at radius 3 is 2.25 bits per heavy atom. The summed E-state index contributed by atoms with van der Waals surface area (Å²) in [6.07, 6.45) is -7.38. The van der Waals surface area contributed by atoms with Gasteiger partial charge in [0.1, 0.15) is 0 Å². The first kappa shape index (κ1) is 17.0. The van der Waals surface area contributed by atoms with Crippen LogP contribution in [0.15, 0.2) is 0 Å². The lowest BCUT2D eigenvalue weighted by atomic mass is 10.2. The number of alkyl halides is 3. The van der Waals surface area contributed by atoms with E-state index in [-0.39, 0.29) is 5.92 Å². The van der Waals surface area contributed by atoms with Gasteiger partial charge in [-0.2, -0.15) is 13.2 Å². The van der Waals surface area contributed by atoms with E-state index in [4.69, 9.17) is 9.84 Å². The van der Waals surface area contributed by atoms with E-state index in [1.165, 1.54) is 9.80 Å². The molecule has 118 valence electrons. The largest absolute Gasteiger partial charge is 0.449 e. The lowest BCUT2D eigenvalue weighted by molar-refractivity contribution is -0.208. The molecule has 0 aromatic rings. The predicted octanol–water partition coefficient (Wildman–Crippen LogP) is 1.32. The van der Waals surface area contributed by atoms with E-state index in [1.54, 1.807) is 0 Å². The normalized spacial score (nSPS) is 19.2. The van der Waals surface area contributed by atoms with Crippen molar-refractivity contribution in [2.24, 2.45) is 5.92 Å². The maximum Gasteiger partial charge on any atom is 0.415 e. The molecule has 1 amide bonds. The molecule has 5 nitrogen and oxygen atoms in total. The molecule has 1 rings (SSSR count). The number of aliphatic hydroxyl groups excluding tert-OH is 1. The number of carbonyl (C=O) groups is 1. The van der Waals surface area contributed by atoms with Crippen molar-refractivity contribution >= 4 is 6.09 Å². The molecule has 0 radical (unpaired) electrons. The molecule has 8 heteroatoms. The third-order valence-electron chi connectivity index (χ3n) is 2.98. The summed E-state index contributed by atoms with van der Waals surface area (Å²) in [5.41, 5.74) is 0.